The Morgan fingerprint density at radius 1 is 1.56 bits per heavy atom. The predicted octanol–water partition coefficient (Wildman–Crippen LogP) is 2.89. The second kappa shape index (κ2) is 5.30. The van der Waals surface area contributed by atoms with Gasteiger partial charge >= 0.3 is 0 Å². The quantitative estimate of drug-likeness (QED) is 0.923. The number of rotatable bonds is 4. The van der Waals surface area contributed by atoms with Gasteiger partial charge in [-0.15, -0.1) is 11.3 Å². The SMILES string of the molecule is Cc1conc1NC(=O)c1csc(CC(C)C)n1. The molecule has 2 aromatic rings. The summed E-state index contributed by atoms with van der Waals surface area (Å²) >= 11 is 1.51. The van der Waals surface area contributed by atoms with Crippen LogP contribution in [0.25, 0.3) is 0 Å². The van der Waals surface area contributed by atoms with Crippen molar-refractivity contribution in [3.63, 3.8) is 0 Å². The van der Waals surface area contributed by atoms with Crippen LogP contribution in [-0.2, 0) is 6.42 Å². The molecule has 0 aliphatic carbocycles. The maximum atomic E-state index is 11.9. The first kappa shape index (κ1) is 12.8. The van der Waals surface area contributed by atoms with Crippen LogP contribution in [0, 0.1) is 12.8 Å². The van der Waals surface area contributed by atoms with Gasteiger partial charge in [0.25, 0.3) is 5.91 Å². The van der Waals surface area contributed by atoms with E-state index in [4.69, 9.17) is 4.52 Å². The number of aryl methyl sites for hydroxylation is 1. The predicted molar refractivity (Wildman–Crippen MR) is 69.8 cm³/mol. The van der Waals surface area contributed by atoms with Crippen molar-refractivity contribution in [1.82, 2.24) is 10.1 Å². The zero-order valence-corrected chi connectivity index (χ0v) is 11.4. The molecular weight excluding hydrogens is 250 g/mol. The Kier molecular flexibility index (Phi) is 3.76. The average Bonchev–Trinajstić information content (AvgIpc) is 2.88. The van der Waals surface area contributed by atoms with Gasteiger partial charge in [-0.2, -0.15) is 0 Å². The fraction of sp³-hybridized carbons (Fsp3) is 0.417. The van der Waals surface area contributed by atoms with Crippen LogP contribution in [0.5, 0.6) is 0 Å². The van der Waals surface area contributed by atoms with E-state index in [1.165, 1.54) is 17.6 Å². The van der Waals surface area contributed by atoms with E-state index in [1.807, 2.05) is 6.92 Å². The van der Waals surface area contributed by atoms with Crippen LogP contribution < -0.4 is 5.32 Å². The first-order chi connectivity index (χ1) is 8.56. The van der Waals surface area contributed by atoms with E-state index in [0.717, 1.165) is 17.0 Å². The van der Waals surface area contributed by atoms with Gasteiger partial charge in [0, 0.05) is 17.4 Å². The first-order valence-electron chi connectivity index (χ1n) is 5.73. The highest BCUT2D eigenvalue weighted by Gasteiger charge is 2.14. The molecule has 1 amide bonds. The number of nitrogens with zero attached hydrogens (tertiary/aromatic N) is 2. The summed E-state index contributed by atoms with van der Waals surface area (Å²) in [7, 11) is 0. The molecule has 0 radical (unpaired) electrons. The molecule has 0 fully saturated rings. The van der Waals surface area contributed by atoms with Gasteiger partial charge in [-0.05, 0) is 12.8 Å². The molecule has 0 bridgehead atoms. The van der Waals surface area contributed by atoms with Crippen molar-refractivity contribution in [2.24, 2.45) is 5.92 Å². The Labute approximate surface area is 109 Å². The molecular formula is C12H15N3O2S. The average molecular weight is 265 g/mol. The first-order valence-corrected chi connectivity index (χ1v) is 6.61. The minimum absolute atomic E-state index is 0.252. The van der Waals surface area contributed by atoms with Gasteiger partial charge < -0.3 is 9.84 Å². The molecule has 0 aliphatic rings. The van der Waals surface area contributed by atoms with Gasteiger partial charge in [0.05, 0.1) is 5.01 Å². The maximum absolute atomic E-state index is 11.9. The molecule has 96 valence electrons. The van der Waals surface area contributed by atoms with Gasteiger partial charge in [-0.3, -0.25) is 4.79 Å². The Balaban J connectivity index is 2.05. The summed E-state index contributed by atoms with van der Waals surface area (Å²) in [6, 6.07) is 0. The molecule has 0 aromatic carbocycles. The molecule has 1 N–H and O–H groups in total. The maximum Gasteiger partial charge on any atom is 0.276 e. The summed E-state index contributed by atoms with van der Waals surface area (Å²) in [6.45, 7) is 6.07. The Hall–Kier alpha value is -1.69. The number of anilines is 1. The largest absolute Gasteiger partial charge is 0.362 e. The standard InChI is InChI=1S/C12H15N3O2S/c1-7(2)4-10-13-9(6-18-10)12(16)14-11-8(3)5-17-15-11/h5-7H,4H2,1-3H3,(H,14,15,16). The minimum Gasteiger partial charge on any atom is -0.362 e. The van der Waals surface area contributed by atoms with Gasteiger partial charge in [0.15, 0.2) is 5.82 Å². The van der Waals surface area contributed by atoms with Crippen molar-refractivity contribution in [3.8, 4) is 0 Å². The van der Waals surface area contributed by atoms with E-state index < -0.39 is 0 Å². The molecule has 0 saturated heterocycles. The summed E-state index contributed by atoms with van der Waals surface area (Å²) in [6.07, 6.45) is 2.38. The second-order valence-electron chi connectivity index (χ2n) is 4.52. The fourth-order valence-electron chi connectivity index (χ4n) is 1.44. The number of thiazole rings is 1. The van der Waals surface area contributed by atoms with E-state index in [1.54, 1.807) is 5.38 Å². The van der Waals surface area contributed by atoms with Crippen molar-refractivity contribution in [1.29, 1.82) is 0 Å². The van der Waals surface area contributed by atoms with Crippen molar-refractivity contribution >= 4 is 23.1 Å². The van der Waals surface area contributed by atoms with Crippen LogP contribution in [0.4, 0.5) is 5.82 Å². The van der Waals surface area contributed by atoms with Crippen LogP contribution in [0.2, 0.25) is 0 Å². The van der Waals surface area contributed by atoms with Crippen molar-refractivity contribution in [3.05, 3.63) is 27.9 Å². The number of carbonyl (C=O) groups is 1. The van der Waals surface area contributed by atoms with E-state index in [9.17, 15) is 4.79 Å². The topological polar surface area (TPSA) is 68.0 Å². The number of hydrogen-bond donors (Lipinski definition) is 1. The summed E-state index contributed by atoms with van der Waals surface area (Å²) in [5.74, 6) is 0.724. The van der Waals surface area contributed by atoms with Crippen LogP contribution in [0.15, 0.2) is 16.2 Å². The zero-order chi connectivity index (χ0) is 13.1. The lowest BCUT2D eigenvalue weighted by atomic mass is 10.1. The van der Waals surface area contributed by atoms with Crippen LogP contribution in [0.3, 0.4) is 0 Å². The summed E-state index contributed by atoms with van der Waals surface area (Å²) in [5.41, 5.74) is 1.22. The highest BCUT2D eigenvalue weighted by atomic mass is 32.1. The van der Waals surface area contributed by atoms with Crippen LogP contribution in [0.1, 0.15) is 34.9 Å². The Bertz CT molecular complexity index is 545. The summed E-state index contributed by atoms with van der Waals surface area (Å²) < 4.78 is 4.76. The third kappa shape index (κ3) is 2.95. The molecule has 0 aliphatic heterocycles. The van der Waals surface area contributed by atoms with Crippen LogP contribution in [-0.4, -0.2) is 16.0 Å². The molecule has 2 rings (SSSR count). The van der Waals surface area contributed by atoms with Gasteiger partial charge in [0.1, 0.15) is 12.0 Å². The lowest BCUT2D eigenvalue weighted by Crippen LogP contribution is -2.13. The van der Waals surface area contributed by atoms with Gasteiger partial charge in [0.2, 0.25) is 0 Å². The normalized spacial score (nSPS) is 10.9. The number of nitrogens with one attached hydrogen (secondary N) is 1. The third-order valence-electron chi connectivity index (χ3n) is 2.35. The lowest BCUT2D eigenvalue weighted by Gasteiger charge is -2.00. The highest BCUT2D eigenvalue weighted by Crippen LogP contribution is 2.16. The minimum atomic E-state index is -0.252. The zero-order valence-electron chi connectivity index (χ0n) is 10.6. The molecule has 0 atom stereocenters. The highest BCUT2D eigenvalue weighted by molar-refractivity contribution is 7.09. The second-order valence-corrected chi connectivity index (χ2v) is 5.47. The fourth-order valence-corrected chi connectivity index (χ4v) is 2.43. The van der Waals surface area contributed by atoms with E-state index in [2.05, 4.69) is 29.3 Å². The Morgan fingerprint density at radius 2 is 2.33 bits per heavy atom. The van der Waals surface area contributed by atoms with E-state index in [0.29, 0.717) is 17.4 Å². The lowest BCUT2D eigenvalue weighted by molar-refractivity contribution is 0.102. The van der Waals surface area contributed by atoms with Gasteiger partial charge in [-0.1, -0.05) is 19.0 Å². The van der Waals surface area contributed by atoms with Crippen molar-refractivity contribution in [2.45, 2.75) is 27.2 Å². The molecule has 0 unspecified atom stereocenters. The molecule has 18 heavy (non-hydrogen) atoms. The molecule has 2 heterocycles. The van der Waals surface area contributed by atoms with Crippen LogP contribution >= 0.6 is 11.3 Å². The molecule has 2 aromatic heterocycles. The number of aromatic nitrogens is 2. The summed E-state index contributed by atoms with van der Waals surface area (Å²) in [4.78, 5) is 16.2. The number of hydrogen-bond acceptors (Lipinski definition) is 5. The van der Waals surface area contributed by atoms with Gasteiger partial charge in [-0.25, -0.2) is 4.98 Å². The third-order valence-corrected chi connectivity index (χ3v) is 3.22. The number of amides is 1. The molecule has 5 nitrogen and oxygen atoms in total. The summed E-state index contributed by atoms with van der Waals surface area (Å²) in [5, 5.41) is 9.12. The van der Waals surface area contributed by atoms with E-state index >= 15 is 0 Å². The smallest absolute Gasteiger partial charge is 0.276 e. The van der Waals surface area contributed by atoms with Crippen molar-refractivity contribution < 1.29 is 9.32 Å². The van der Waals surface area contributed by atoms with E-state index in [-0.39, 0.29) is 5.91 Å². The van der Waals surface area contributed by atoms with Crippen molar-refractivity contribution in [2.75, 3.05) is 5.32 Å². The Morgan fingerprint density at radius 3 is 2.94 bits per heavy atom. The molecule has 0 spiro atoms. The monoisotopic (exact) mass is 265 g/mol. The molecule has 0 saturated carbocycles. The number of carbonyl (C=O) groups excluding carboxylic acids is 1. The molecule has 6 heteroatoms.